The Morgan fingerprint density at radius 3 is 2.67 bits per heavy atom. The summed E-state index contributed by atoms with van der Waals surface area (Å²) in [5.74, 6) is -0.257. The third kappa shape index (κ3) is 5.98. The first-order chi connectivity index (χ1) is 16.1. The van der Waals surface area contributed by atoms with E-state index < -0.39 is 5.91 Å². The van der Waals surface area contributed by atoms with Crippen LogP contribution in [0.2, 0.25) is 0 Å². The molecule has 2 heterocycles. The molecule has 1 unspecified atom stereocenters. The number of para-hydroxylation sites is 1. The zero-order valence-electron chi connectivity index (χ0n) is 18.2. The van der Waals surface area contributed by atoms with E-state index in [1.165, 1.54) is 4.88 Å². The fraction of sp³-hybridized carbons (Fsp3) is 0.280. The predicted molar refractivity (Wildman–Crippen MR) is 128 cm³/mol. The zero-order chi connectivity index (χ0) is 23.0. The van der Waals surface area contributed by atoms with Crippen molar-refractivity contribution in [2.45, 2.75) is 12.6 Å². The van der Waals surface area contributed by atoms with Gasteiger partial charge < -0.3 is 20.5 Å². The van der Waals surface area contributed by atoms with Crippen LogP contribution in [0.5, 0.6) is 5.75 Å². The van der Waals surface area contributed by atoms with E-state index in [0.29, 0.717) is 36.6 Å². The highest BCUT2D eigenvalue weighted by Crippen LogP contribution is 2.25. The highest BCUT2D eigenvalue weighted by molar-refractivity contribution is 7.10. The molecule has 0 aliphatic carbocycles. The molecular weight excluding hydrogens is 438 g/mol. The molecule has 1 aliphatic heterocycles. The summed E-state index contributed by atoms with van der Waals surface area (Å²) in [6, 6.07) is 18.4. The van der Waals surface area contributed by atoms with E-state index in [1.807, 2.05) is 18.2 Å². The molecule has 3 N–H and O–H groups in total. The molecule has 0 radical (unpaired) electrons. The van der Waals surface area contributed by atoms with Gasteiger partial charge in [-0.1, -0.05) is 30.3 Å². The molecule has 2 amide bonds. The second-order valence-corrected chi connectivity index (χ2v) is 8.72. The Balaban J connectivity index is 1.39. The minimum absolute atomic E-state index is 0.120. The highest BCUT2D eigenvalue weighted by atomic mass is 32.1. The molecule has 8 heteroatoms. The maximum absolute atomic E-state index is 12.9. The highest BCUT2D eigenvalue weighted by Gasteiger charge is 2.24. The zero-order valence-corrected chi connectivity index (χ0v) is 19.1. The van der Waals surface area contributed by atoms with Gasteiger partial charge >= 0.3 is 0 Å². The smallest absolute Gasteiger partial charge is 0.252 e. The summed E-state index contributed by atoms with van der Waals surface area (Å²) in [4.78, 5) is 28.1. The van der Waals surface area contributed by atoms with Crippen LogP contribution in [0.1, 0.15) is 37.2 Å². The van der Waals surface area contributed by atoms with Crippen molar-refractivity contribution >= 4 is 23.2 Å². The maximum atomic E-state index is 12.9. The van der Waals surface area contributed by atoms with Gasteiger partial charge in [-0.25, -0.2) is 0 Å². The summed E-state index contributed by atoms with van der Waals surface area (Å²) in [7, 11) is 0. The first-order valence-corrected chi connectivity index (χ1v) is 11.7. The molecule has 1 aliphatic rings. The number of nitrogens with one attached hydrogen (secondary N) is 1. The molecular formula is C25H27N3O4S. The number of amides is 2. The van der Waals surface area contributed by atoms with Gasteiger partial charge in [-0.3, -0.25) is 14.5 Å². The summed E-state index contributed by atoms with van der Waals surface area (Å²) < 4.78 is 11.3. The van der Waals surface area contributed by atoms with Crippen LogP contribution in [-0.4, -0.2) is 49.6 Å². The lowest BCUT2D eigenvalue weighted by Crippen LogP contribution is -2.43. The Kier molecular flexibility index (Phi) is 7.72. The average molecular weight is 466 g/mol. The molecule has 0 spiro atoms. The number of nitrogens with two attached hydrogens (primary N) is 1. The SMILES string of the molecule is NC(=O)c1ccccc1OCc1cccc(C(=O)NCC(c2cccs2)N2CCOCC2)c1. The van der Waals surface area contributed by atoms with Crippen molar-refractivity contribution in [3.05, 3.63) is 87.6 Å². The molecule has 3 aromatic rings. The summed E-state index contributed by atoms with van der Waals surface area (Å²) in [6.45, 7) is 3.84. The van der Waals surface area contributed by atoms with Crippen LogP contribution in [0.15, 0.2) is 66.0 Å². The van der Waals surface area contributed by atoms with Crippen LogP contribution in [0.4, 0.5) is 0 Å². The van der Waals surface area contributed by atoms with Crippen LogP contribution in [0.3, 0.4) is 0 Å². The van der Waals surface area contributed by atoms with Gasteiger partial charge in [0.2, 0.25) is 0 Å². The van der Waals surface area contributed by atoms with E-state index in [9.17, 15) is 9.59 Å². The van der Waals surface area contributed by atoms with Crippen LogP contribution in [0.25, 0.3) is 0 Å². The lowest BCUT2D eigenvalue weighted by Gasteiger charge is -2.34. The number of carbonyl (C=O) groups excluding carboxylic acids is 2. The monoisotopic (exact) mass is 465 g/mol. The van der Waals surface area contributed by atoms with Crippen LogP contribution >= 0.6 is 11.3 Å². The number of nitrogens with zero attached hydrogens (tertiary/aromatic N) is 1. The Morgan fingerprint density at radius 1 is 1.09 bits per heavy atom. The number of thiophene rings is 1. The predicted octanol–water partition coefficient (Wildman–Crippen LogP) is 3.23. The van der Waals surface area contributed by atoms with Crippen LogP contribution in [0, 0.1) is 0 Å². The van der Waals surface area contributed by atoms with Gasteiger partial charge in [0.05, 0.1) is 24.8 Å². The van der Waals surface area contributed by atoms with Gasteiger partial charge in [-0.2, -0.15) is 0 Å². The van der Waals surface area contributed by atoms with Gasteiger partial charge in [-0.05, 0) is 41.3 Å². The Labute approximate surface area is 197 Å². The molecule has 0 bridgehead atoms. The van der Waals surface area contributed by atoms with E-state index in [0.717, 1.165) is 18.7 Å². The van der Waals surface area contributed by atoms with Crippen LogP contribution in [-0.2, 0) is 11.3 Å². The largest absolute Gasteiger partial charge is 0.488 e. The summed E-state index contributed by atoms with van der Waals surface area (Å²) in [5, 5.41) is 5.15. The summed E-state index contributed by atoms with van der Waals surface area (Å²) in [6.07, 6.45) is 0. The summed E-state index contributed by atoms with van der Waals surface area (Å²) >= 11 is 1.70. The number of hydrogen-bond acceptors (Lipinski definition) is 6. The minimum Gasteiger partial charge on any atom is -0.488 e. The second-order valence-electron chi connectivity index (χ2n) is 7.74. The third-order valence-corrected chi connectivity index (χ3v) is 6.52. The van der Waals surface area contributed by atoms with Gasteiger partial charge in [0.1, 0.15) is 12.4 Å². The molecule has 1 aromatic heterocycles. The van der Waals surface area contributed by atoms with E-state index in [4.69, 9.17) is 15.2 Å². The van der Waals surface area contributed by atoms with Crippen LogP contribution < -0.4 is 15.8 Å². The Morgan fingerprint density at radius 2 is 1.91 bits per heavy atom. The number of hydrogen-bond donors (Lipinski definition) is 2. The van der Waals surface area contributed by atoms with E-state index in [-0.39, 0.29) is 18.6 Å². The fourth-order valence-corrected chi connectivity index (χ4v) is 4.69. The van der Waals surface area contributed by atoms with Crippen molar-refractivity contribution < 1.29 is 19.1 Å². The maximum Gasteiger partial charge on any atom is 0.252 e. The normalized spacial score (nSPS) is 15.0. The van der Waals surface area contributed by atoms with Gasteiger partial charge in [0, 0.05) is 30.1 Å². The van der Waals surface area contributed by atoms with Gasteiger partial charge in [-0.15, -0.1) is 11.3 Å². The number of benzene rings is 2. The fourth-order valence-electron chi connectivity index (χ4n) is 3.83. The number of ether oxygens (including phenoxy) is 2. The van der Waals surface area contributed by atoms with Gasteiger partial charge in [0.25, 0.3) is 11.8 Å². The lowest BCUT2D eigenvalue weighted by atomic mass is 10.1. The van der Waals surface area contributed by atoms with E-state index in [2.05, 4.69) is 21.7 Å². The quantitative estimate of drug-likeness (QED) is 0.506. The van der Waals surface area contributed by atoms with Gasteiger partial charge in [0.15, 0.2) is 0 Å². The number of rotatable bonds is 9. The molecule has 1 saturated heterocycles. The Bertz CT molecular complexity index is 1080. The van der Waals surface area contributed by atoms with Crippen molar-refractivity contribution in [2.24, 2.45) is 5.73 Å². The molecule has 0 saturated carbocycles. The number of primary amides is 1. The lowest BCUT2D eigenvalue weighted by molar-refractivity contribution is 0.0169. The first-order valence-electron chi connectivity index (χ1n) is 10.9. The molecule has 7 nitrogen and oxygen atoms in total. The standard InChI is InChI=1S/C25H27N3O4S/c26-24(29)20-7-1-2-8-22(20)32-17-18-5-3-6-19(15-18)25(30)27-16-21(23-9-4-14-33-23)28-10-12-31-13-11-28/h1-9,14-15,21H,10-13,16-17H2,(H2,26,29)(H,27,30). The first kappa shape index (κ1) is 23.0. The molecule has 2 aromatic carbocycles. The van der Waals surface area contributed by atoms with Crippen molar-refractivity contribution in [2.75, 3.05) is 32.8 Å². The average Bonchev–Trinajstić information content (AvgIpc) is 3.38. The number of carbonyl (C=O) groups is 2. The minimum atomic E-state index is -0.542. The van der Waals surface area contributed by atoms with Crippen molar-refractivity contribution in [1.82, 2.24) is 10.2 Å². The second kappa shape index (κ2) is 11.1. The molecule has 1 fully saturated rings. The van der Waals surface area contributed by atoms with Crippen molar-refractivity contribution in [1.29, 1.82) is 0 Å². The third-order valence-electron chi connectivity index (χ3n) is 5.55. The van der Waals surface area contributed by atoms with Crippen molar-refractivity contribution in [3.8, 4) is 5.75 Å². The molecule has 4 rings (SSSR count). The van der Waals surface area contributed by atoms with E-state index >= 15 is 0 Å². The Hall–Kier alpha value is -3.20. The summed E-state index contributed by atoms with van der Waals surface area (Å²) in [5.41, 5.74) is 7.13. The van der Waals surface area contributed by atoms with E-state index in [1.54, 1.807) is 47.7 Å². The molecule has 172 valence electrons. The molecule has 33 heavy (non-hydrogen) atoms. The number of morpholine rings is 1. The topological polar surface area (TPSA) is 93.9 Å². The van der Waals surface area contributed by atoms with Crippen molar-refractivity contribution in [3.63, 3.8) is 0 Å². The molecule has 1 atom stereocenters.